The van der Waals surface area contributed by atoms with Crippen molar-refractivity contribution >= 4 is 28.9 Å². The first-order valence-corrected chi connectivity index (χ1v) is 11.2. The number of benzene rings is 1. The van der Waals surface area contributed by atoms with Gasteiger partial charge in [-0.25, -0.2) is 9.67 Å². The lowest BCUT2D eigenvalue weighted by Crippen LogP contribution is -2.46. The second kappa shape index (κ2) is 8.70. The van der Waals surface area contributed by atoms with Gasteiger partial charge in [-0.15, -0.1) is 13.2 Å². The number of para-hydroxylation sites is 1. The molecule has 0 aliphatic heterocycles. The lowest BCUT2D eigenvalue weighted by Gasteiger charge is -2.39. The zero-order valence-corrected chi connectivity index (χ0v) is 19.3. The van der Waals surface area contributed by atoms with Crippen molar-refractivity contribution < 1.29 is 36.2 Å². The average Bonchev–Trinajstić information content (AvgIpc) is 3.20. The molecule has 1 N–H and O–H groups in total. The molecule has 182 valence electrons. The first-order valence-electron chi connectivity index (χ1n) is 9.60. The summed E-state index contributed by atoms with van der Waals surface area (Å²) in [7, 11) is 0. The fourth-order valence-electron chi connectivity index (χ4n) is 4.05. The van der Waals surface area contributed by atoms with Crippen LogP contribution in [0.25, 0.3) is 5.57 Å². The number of nitrogens with zero attached hydrogens (tertiary/aromatic N) is 3. The van der Waals surface area contributed by atoms with Gasteiger partial charge in [0, 0.05) is 5.56 Å². The van der Waals surface area contributed by atoms with E-state index >= 15 is 0 Å². The summed E-state index contributed by atoms with van der Waals surface area (Å²) in [5.74, 6) is -1.18. The molecule has 2 aromatic rings. The first-order chi connectivity index (χ1) is 15.1. The van der Waals surface area contributed by atoms with E-state index in [1.165, 1.54) is 22.8 Å². The van der Waals surface area contributed by atoms with Crippen LogP contribution in [0, 0.1) is 5.41 Å². The number of rotatable bonds is 5. The number of allylic oxidation sites excluding steroid dienone is 1. The fraction of sp³-hybridized carbons (Fsp3) is 0.500. The molecule has 5 nitrogen and oxygen atoms in total. The SMILES string of the molecule is CSc1ncnn1CC1(O)/C(=C(/c2cccc(Cl)c2OC(F)(F)F)C(F)(F)F)CCC1(C)C. The molecule has 1 saturated carbocycles. The van der Waals surface area contributed by atoms with E-state index < -0.39 is 51.0 Å². The summed E-state index contributed by atoms with van der Waals surface area (Å²) < 4.78 is 87.5. The van der Waals surface area contributed by atoms with Crippen LogP contribution in [0.4, 0.5) is 26.3 Å². The summed E-state index contributed by atoms with van der Waals surface area (Å²) in [6.45, 7) is 2.81. The molecule has 0 amide bonds. The van der Waals surface area contributed by atoms with Crippen molar-refractivity contribution in [3.63, 3.8) is 0 Å². The number of thioether (sulfide) groups is 1. The second-order valence-electron chi connectivity index (χ2n) is 8.16. The van der Waals surface area contributed by atoms with Gasteiger partial charge in [0.05, 0.1) is 17.1 Å². The summed E-state index contributed by atoms with van der Waals surface area (Å²) in [5.41, 5.74) is -5.94. The summed E-state index contributed by atoms with van der Waals surface area (Å²) in [4.78, 5) is 4.00. The van der Waals surface area contributed by atoms with Crippen LogP contribution in [-0.2, 0) is 6.54 Å². The minimum atomic E-state index is -5.28. The number of hydrogen-bond acceptors (Lipinski definition) is 5. The number of alkyl halides is 6. The van der Waals surface area contributed by atoms with Crippen molar-refractivity contribution in [3.05, 3.63) is 40.7 Å². The number of hydrogen-bond donors (Lipinski definition) is 1. The Hall–Kier alpha value is -1.92. The number of halogens is 7. The quantitative estimate of drug-likeness (QED) is 0.384. The largest absolute Gasteiger partial charge is 0.573 e. The molecule has 0 saturated heterocycles. The Labute approximate surface area is 194 Å². The molecule has 13 heteroatoms. The molecule has 0 radical (unpaired) electrons. The molecule has 33 heavy (non-hydrogen) atoms. The van der Waals surface area contributed by atoms with Crippen molar-refractivity contribution in [1.82, 2.24) is 14.8 Å². The van der Waals surface area contributed by atoms with E-state index in [-0.39, 0.29) is 19.4 Å². The molecular formula is C20H20ClF6N3O2S. The maximum atomic E-state index is 14.4. The highest BCUT2D eigenvalue weighted by molar-refractivity contribution is 7.98. The maximum absolute atomic E-state index is 14.4. The third-order valence-corrected chi connectivity index (χ3v) is 6.78. The Morgan fingerprint density at radius 3 is 2.48 bits per heavy atom. The highest BCUT2D eigenvalue weighted by atomic mass is 35.5. The van der Waals surface area contributed by atoms with Gasteiger partial charge in [-0.05, 0) is 36.2 Å². The fourth-order valence-corrected chi connectivity index (χ4v) is 4.74. The lowest BCUT2D eigenvalue weighted by atomic mass is 9.74. The van der Waals surface area contributed by atoms with Crippen LogP contribution in [-0.4, -0.2) is 44.3 Å². The zero-order valence-electron chi connectivity index (χ0n) is 17.7. The van der Waals surface area contributed by atoms with Crippen molar-refractivity contribution in [2.24, 2.45) is 5.41 Å². The topological polar surface area (TPSA) is 60.2 Å². The smallest absolute Gasteiger partial charge is 0.404 e. The Morgan fingerprint density at radius 1 is 1.24 bits per heavy atom. The Morgan fingerprint density at radius 2 is 1.91 bits per heavy atom. The van der Waals surface area contributed by atoms with Crippen molar-refractivity contribution in [2.75, 3.05) is 6.26 Å². The van der Waals surface area contributed by atoms with E-state index in [9.17, 15) is 31.4 Å². The zero-order chi connectivity index (χ0) is 24.8. The van der Waals surface area contributed by atoms with Crippen molar-refractivity contribution in [2.45, 2.75) is 56.5 Å². The van der Waals surface area contributed by atoms with Gasteiger partial charge in [0.25, 0.3) is 0 Å². The lowest BCUT2D eigenvalue weighted by molar-refractivity contribution is -0.274. The normalized spacial score (nSPS) is 22.5. The Balaban J connectivity index is 2.30. The van der Waals surface area contributed by atoms with Crippen LogP contribution in [0.15, 0.2) is 35.3 Å². The third kappa shape index (κ3) is 4.97. The second-order valence-corrected chi connectivity index (χ2v) is 9.34. The van der Waals surface area contributed by atoms with E-state index in [1.807, 2.05) is 0 Å². The van der Waals surface area contributed by atoms with Gasteiger partial charge in [-0.3, -0.25) is 0 Å². The van der Waals surface area contributed by atoms with Gasteiger partial charge < -0.3 is 9.84 Å². The molecule has 0 bridgehead atoms. The summed E-state index contributed by atoms with van der Waals surface area (Å²) in [6.07, 6.45) is -7.56. The minimum Gasteiger partial charge on any atom is -0.404 e. The van der Waals surface area contributed by atoms with Crippen molar-refractivity contribution in [3.8, 4) is 5.75 Å². The predicted molar refractivity (Wildman–Crippen MR) is 111 cm³/mol. The molecule has 1 heterocycles. The van der Waals surface area contributed by atoms with E-state index in [0.29, 0.717) is 5.16 Å². The van der Waals surface area contributed by atoms with Gasteiger partial charge in [-0.2, -0.15) is 18.3 Å². The standard InChI is InChI=1S/C20H20ClF6N3O2S/c1-17(2)8-7-12(18(17,31)9-30-16(33-3)28-10-29-30)14(19(22,23)24)11-5-4-6-13(21)15(11)32-20(25,26)27/h4-6,10,31H,7-9H2,1-3H3/b14-12-. The molecule has 1 aromatic heterocycles. The van der Waals surface area contributed by atoms with E-state index in [1.54, 1.807) is 20.1 Å². The third-order valence-electron chi connectivity index (χ3n) is 5.80. The highest BCUT2D eigenvalue weighted by Gasteiger charge is 2.56. The molecule has 1 aliphatic carbocycles. The molecule has 1 unspecified atom stereocenters. The number of ether oxygens (including phenoxy) is 1. The van der Waals surface area contributed by atoms with Crippen LogP contribution in [0.2, 0.25) is 5.02 Å². The van der Waals surface area contributed by atoms with E-state index in [0.717, 1.165) is 18.2 Å². The summed E-state index contributed by atoms with van der Waals surface area (Å²) in [5, 5.41) is 15.4. The van der Waals surface area contributed by atoms with Gasteiger partial charge in [0.1, 0.15) is 11.9 Å². The summed E-state index contributed by atoms with van der Waals surface area (Å²) in [6, 6.07) is 2.93. The molecule has 3 rings (SSSR count). The van der Waals surface area contributed by atoms with Gasteiger partial charge in [0.15, 0.2) is 10.9 Å². The summed E-state index contributed by atoms with van der Waals surface area (Å²) >= 11 is 7.00. The predicted octanol–water partition coefficient (Wildman–Crippen LogP) is 6.12. The van der Waals surface area contributed by atoms with Crippen LogP contribution in [0.1, 0.15) is 32.3 Å². The highest BCUT2D eigenvalue weighted by Crippen LogP contribution is 2.56. The van der Waals surface area contributed by atoms with Crippen LogP contribution in [0.5, 0.6) is 5.75 Å². The maximum Gasteiger partial charge on any atom is 0.573 e. The molecular weight excluding hydrogens is 496 g/mol. The van der Waals surface area contributed by atoms with Gasteiger partial charge in [-0.1, -0.05) is 49.3 Å². The molecule has 1 atom stereocenters. The number of aliphatic hydroxyl groups is 1. The van der Waals surface area contributed by atoms with Gasteiger partial charge in [0.2, 0.25) is 0 Å². The Bertz CT molecular complexity index is 1070. The average molecular weight is 516 g/mol. The van der Waals surface area contributed by atoms with Gasteiger partial charge >= 0.3 is 12.5 Å². The Kier molecular flexibility index (Phi) is 6.77. The molecule has 1 aliphatic rings. The van der Waals surface area contributed by atoms with Crippen LogP contribution in [0.3, 0.4) is 0 Å². The minimum absolute atomic E-state index is 0.151. The van der Waals surface area contributed by atoms with E-state index in [2.05, 4.69) is 14.8 Å². The van der Waals surface area contributed by atoms with Crippen LogP contribution < -0.4 is 4.74 Å². The molecule has 1 fully saturated rings. The molecule has 1 aromatic carbocycles. The monoisotopic (exact) mass is 515 g/mol. The van der Waals surface area contributed by atoms with E-state index in [4.69, 9.17) is 11.6 Å². The molecule has 0 spiro atoms. The van der Waals surface area contributed by atoms with Crippen molar-refractivity contribution in [1.29, 1.82) is 0 Å². The first kappa shape index (κ1) is 25.7. The number of aromatic nitrogens is 3. The van der Waals surface area contributed by atoms with Crippen LogP contribution >= 0.6 is 23.4 Å².